The number of rotatable bonds is 8. The van der Waals surface area contributed by atoms with Gasteiger partial charge >= 0.3 is 0 Å². The molecule has 1 aromatic rings. The third kappa shape index (κ3) is 5.87. The van der Waals surface area contributed by atoms with Gasteiger partial charge in [0.25, 0.3) is 5.91 Å². The molecule has 1 aromatic carbocycles. The Kier molecular flexibility index (Phi) is 7.40. The predicted octanol–water partition coefficient (Wildman–Crippen LogP) is 0.930. The number of nitrogens with zero attached hydrogens (tertiary/aromatic N) is 2. The number of carbonyl (C=O) groups is 2. The van der Waals surface area contributed by atoms with Crippen LogP contribution >= 0.6 is 0 Å². The van der Waals surface area contributed by atoms with Crippen LogP contribution in [0.25, 0.3) is 0 Å². The van der Waals surface area contributed by atoms with Crippen molar-refractivity contribution in [3.05, 3.63) is 23.8 Å². The monoisotopic (exact) mass is 319 g/mol. The van der Waals surface area contributed by atoms with E-state index in [9.17, 15) is 9.59 Å². The molecule has 23 heavy (non-hydrogen) atoms. The van der Waals surface area contributed by atoms with E-state index in [1.165, 1.54) is 25.1 Å². The van der Waals surface area contributed by atoms with Crippen LogP contribution in [0.1, 0.15) is 18.9 Å². The van der Waals surface area contributed by atoms with Crippen molar-refractivity contribution in [3.63, 3.8) is 0 Å². The van der Waals surface area contributed by atoms with Gasteiger partial charge in [-0.15, -0.1) is 0 Å². The molecule has 1 N–H and O–H groups in total. The first kappa shape index (κ1) is 18.3. The first-order valence-corrected chi connectivity index (χ1v) is 7.23. The Morgan fingerprint density at radius 1 is 1.35 bits per heavy atom. The molecule has 124 valence electrons. The minimum Gasteiger partial charge on any atom is -0.493 e. The van der Waals surface area contributed by atoms with Crippen LogP contribution in [-0.2, 0) is 9.59 Å². The topological polar surface area (TPSA) is 91.7 Å². The van der Waals surface area contributed by atoms with Crippen molar-refractivity contribution in [3.8, 4) is 17.6 Å². The fraction of sp³-hybridized carbons (Fsp3) is 0.438. The maximum atomic E-state index is 12.0. The molecule has 0 heterocycles. The van der Waals surface area contributed by atoms with E-state index in [1.54, 1.807) is 12.1 Å². The maximum absolute atomic E-state index is 12.0. The van der Waals surface area contributed by atoms with Crippen LogP contribution in [0.5, 0.6) is 11.5 Å². The lowest BCUT2D eigenvalue weighted by atomic mass is 10.2. The zero-order valence-corrected chi connectivity index (χ0v) is 13.6. The van der Waals surface area contributed by atoms with Gasteiger partial charge in [0.05, 0.1) is 25.3 Å². The SMILES string of the molecule is CCCNC(=O)CN(C)C(=O)COc1ccc(C#N)cc1OC. The summed E-state index contributed by atoms with van der Waals surface area (Å²) in [7, 11) is 2.99. The number of carbonyl (C=O) groups excluding carboxylic acids is 2. The van der Waals surface area contributed by atoms with Gasteiger partial charge < -0.3 is 19.7 Å². The zero-order valence-electron chi connectivity index (χ0n) is 13.6. The quantitative estimate of drug-likeness (QED) is 0.769. The summed E-state index contributed by atoms with van der Waals surface area (Å²) >= 11 is 0. The summed E-state index contributed by atoms with van der Waals surface area (Å²) in [6.45, 7) is 2.29. The summed E-state index contributed by atoms with van der Waals surface area (Å²) in [5.74, 6) is 0.200. The van der Waals surface area contributed by atoms with Gasteiger partial charge in [0.2, 0.25) is 5.91 Å². The van der Waals surface area contributed by atoms with Gasteiger partial charge in [-0.3, -0.25) is 9.59 Å². The molecule has 0 atom stereocenters. The highest BCUT2D eigenvalue weighted by Gasteiger charge is 2.14. The Hall–Kier alpha value is -2.75. The van der Waals surface area contributed by atoms with E-state index in [4.69, 9.17) is 14.7 Å². The highest BCUT2D eigenvalue weighted by molar-refractivity contribution is 5.85. The van der Waals surface area contributed by atoms with Gasteiger partial charge in [0, 0.05) is 19.7 Å². The minimum absolute atomic E-state index is 0.0211. The Bertz CT molecular complexity index is 595. The molecule has 0 fully saturated rings. The van der Waals surface area contributed by atoms with Gasteiger partial charge in [-0.2, -0.15) is 5.26 Å². The summed E-state index contributed by atoms with van der Waals surface area (Å²) < 4.78 is 10.5. The van der Waals surface area contributed by atoms with Crippen molar-refractivity contribution in [2.75, 3.05) is 33.9 Å². The molecule has 1 rings (SSSR count). The lowest BCUT2D eigenvalue weighted by Crippen LogP contribution is -2.40. The number of hydrogen-bond donors (Lipinski definition) is 1. The molecule has 0 aliphatic heterocycles. The second kappa shape index (κ2) is 9.30. The number of nitrogens with one attached hydrogen (secondary N) is 1. The molecule has 0 aromatic heterocycles. The standard InChI is InChI=1S/C16H21N3O4/c1-4-7-18-15(20)10-19(2)16(21)11-23-13-6-5-12(9-17)8-14(13)22-3/h5-6,8H,4,7,10-11H2,1-3H3,(H,18,20). The van der Waals surface area contributed by atoms with Crippen molar-refractivity contribution in [1.29, 1.82) is 5.26 Å². The Morgan fingerprint density at radius 2 is 2.09 bits per heavy atom. The Morgan fingerprint density at radius 3 is 2.70 bits per heavy atom. The molecule has 0 unspecified atom stereocenters. The van der Waals surface area contributed by atoms with E-state index in [0.29, 0.717) is 23.6 Å². The van der Waals surface area contributed by atoms with Gasteiger partial charge in [-0.1, -0.05) is 6.92 Å². The Labute approximate surface area is 135 Å². The smallest absolute Gasteiger partial charge is 0.260 e. The van der Waals surface area contributed by atoms with Crippen molar-refractivity contribution in [2.45, 2.75) is 13.3 Å². The summed E-state index contributed by atoms with van der Waals surface area (Å²) in [5, 5.41) is 11.5. The summed E-state index contributed by atoms with van der Waals surface area (Å²) in [6.07, 6.45) is 0.838. The van der Waals surface area contributed by atoms with Crippen LogP contribution in [0.3, 0.4) is 0 Å². The molecule has 0 bridgehead atoms. The van der Waals surface area contributed by atoms with Gasteiger partial charge in [0.15, 0.2) is 18.1 Å². The molecule has 0 aliphatic rings. The van der Waals surface area contributed by atoms with Gasteiger partial charge in [-0.05, 0) is 18.6 Å². The largest absolute Gasteiger partial charge is 0.493 e. The van der Waals surface area contributed by atoms with Crippen LogP contribution in [-0.4, -0.2) is 50.6 Å². The number of amides is 2. The Balaban J connectivity index is 2.55. The fourth-order valence-corrected chi connectivity index (χ4v) is 1.73. The first-order chi connectivity index (χ1) is 11.0. The minimum atomic E-state index is -0.330. The second-order valence-corrected chi connectivity index (χ2v) is 4.87. The first-order valence-electron chi connectivity index (χ1n) is 7.23. The van der Waals surface area contributed by atoms with Crippen LogP contribution in [0, 0.1) is 11.3 Å². The van der Waals surface area contributed by atoms with E-state index >= 15 is 0 Å². The van der Waals surface area contributed by atoms with Crippen LogP contribution in [0.15, 0.2) is 18.2 Å². The number of benzene rings is 1. The number of ether oxygens (including phenoxy) is 2. The lowest BCUT2D eigenvalue weighted by molar-refractivity contribution is -0.136. The fourth-order valence-electron chi connectivity index (χ4n) is 1.73. The van der Waals surface area contributed by atoms with Crippen molar-refractivity contribution >= 4 is 11.8 Å². The second-order valence-electron chi connectivity index (χ2n) is 4.87. The average Bonchev–Trinajstić information content (AvgIpc) is 2.57. The number of methoxy groups -OCH3 is 1. The van der Waals surface area contributed by atoms with Gasteiger partial charge in [0.1, 0.15) is 0 Å². The van der Waals surface area contributed by atoms with E-state index in [1.807, 2.05) is 13.0 Å². The number of nitriles is 1. The van der Waals surface area contributed by atoms with Crippen molar-refractivity contribution in [2.24, 2.45) is 0 Å². The third-order valence-corrected chi connectivity index (χ3v) is 3.02. The molecule has 7 nitrogen and oxygen atoms in total. The van der Waals surface area contributed by atoms with E-state index in [2.05, 4.69) is 5.32 Å². The maximum Gasteiger partial charge on any atom is 0.260 e. The van der Waals surface area contributed by atoms with E-state index < -0.39 is 0 Å². The molecular formula is C16H21N3O4. The van der Waals surface area contributed by atoms with Crippen LogP contribution in [0.2, 0.25) is 0 Å². The molecule has 0 saturated heterocycles. The average molecular weight is 319 g/mol. The summed E-state index contributed by atoms with van der Waals surface area (Å²) in [4.78, 5) is 24.8. The summed E-state index contributed by atoms with van der Waals surface area (Å²) in [6, 6.07) is 6.67. The molecule has 0 radical (unpaired) electrons. The zero-order chi connectivity index (χ0) is 17.2. The normalized spacial score (nSPS) is 9.65. The van der Waals surface area contributed by atoms with E-state index in [-0.39, 0.29) is 25.0 Å². The molecular weight excluding hydrogens is 298 g/mol. The molecule has 7 heteroatoms. The van der Waals surface area contributed by atoms with E-state index in [0.717, 1.165) is 6.42 Å². The van der Waals surface area contributed by atoms with Crippen LogP contribution < -0.4 is 14.8 Å². The highest BCUT2D eigenvalue weighted by atomic mass is 16.5. The number of hydrogen-bond acceptors (Lipinski definition) is 5. The molecule has 0 saturated carbocycles. The summed E-state index contributed by atoms with van der Waals surface area (Å²) in [5.41, 5.74) is 0.435. The highest BCUT2D eigenvalue weighted by Crippen LogP contribution is 2.27. The van der Waals surface area contributed by atoms with Gasteiger partial charge in [-0.25, -0.2) is 0 Å². The van der Waals surface area contributed by atoms with Crippen molar-refractivity contribution < 1.29 is 19.1 Å². The van der Waals surface area contributed by atoms with Crippen molar-refractivity contribution in [1.82, 2.24) is 10.2 Å². The predicted molar refractivity (Wildman–Crippen MR) is 84.1 cm³/mol. The molecule has 2 amide bonds. The third-order valence-electron chi connectivity index (χ3n) is 3.02. The number of likely N-dealkylation sites (N-methyl/N-ethyl adjacent to an activating group) is 1. The van der Waals surface area contributed by atoms with Crippen LogP contribution in [0.4, 0.5) is 0 Å². The lowest BCUT2D eigenvalue weighted by Gasteiger charge is -2.17. The molecule has 0 spiro atoms. The molecule has 0 aliphatic carbocycles.